The largest absolute Gasteiger partial charge is 0.376 e. The molecule has 6 heteroatoms. The van der Waals surface area contributed by atoms with Crippen LogP contribution in [-0.4, -0.2) is 47.7 Å². The number of anilines is 1. The molecule has 1 amide bonds. The van der Waals surface area contributed by atoms with Crippen LogP contribution in [-0.2, 0) is 9.53 Å². The van der Waals surface area contributed by atoms with E-state index >= 15 is 0 Å². The first-order valence-corrected chi connectivity index (χ1v) is 9.94. The van der Waals surface area contributed by atoms with Gasteiger partial charge in [0.2, 0.25) is 11.9 Å². The van der Waals surface area contributed by atoms with E-state index in [2.05, 4.69) is 20.2 Å². The normalized spacial score (nSPS) is 31.0. The number of aromatic nitrogens is 2. The van der Waals surface area contributed by atoms with Gasteiger partial charge in [-0.25, -0.2) is 9.97 Å². The molecule has 1 aromatic rings. The lowest BCUT2D eigenvalue weighted by molar-refractivity contribution is -0.122. The summed E-state index contributed by atoms with van der Waals surface area (Å²) in [5.41, 5.74) is 2.04. The average Bonchev–Trinajstić information content (AvgIpc) is 3.29. The minimum Gasteiger partial charge on any atom is -0.376 e. The Hall–Kier alpha value is -1.69. The van der Waals surface area contributed by atoms with Gasteiger partial charge < -0.3 is 15.0 Å². The molecule has 0 bridgehead atoms. The summed E-state index contributed by atoms with van der Waals surface area (Å²) in [6.07, 6.45) is 4.73. The van der Waals surface area contributed by atoms with Crippen molar-refractivity contribution in [3.05, 3.63) is 17.5 Å². The van der Waals surface area contributed by atoms with Crippen molar-refractivity contribution in [1.29, 1.82) is 0 Å². The first kappa shape index (κ1) is 17.7. The Balaban J connectivity index is 1.45. The molecule has 0 spiro atoms. The molecule has 2 saturated carbocycles. The van der Waals surface area contributed by atoms with Crippen molar-refractivity contribution in [2.24, 2.45) is 17.8 Å². The Morgan fingerprint density at radius 2 is 1.85 bits per heavy atom. The van der Waals surface area contributed by atoms with Crippen molar-refractivity contribution in [2.45, 2.75) is 58.6 Å². The minimum absolute atomic E-state index is 0.0426. The highest BCUT2D eigenvalue weighted by Gasteiger charge is 2.44. The Morgan fingerprint density at radius 1 is 1.19 bits per heavy atom. The monoisotopic (exact) mass is 358 g/mol. The van der Waals surface area contributed by atoms with Crippen LogP contribution >= 0.6 is 0 Å². The van der Waals surface area contributed by atoms with Crippen molar-refractivity contribution in [3.63, 3.8) is 0 Å². The molecule has 0 aromatic carbocycles. The second kappa shape index (κ2) is 7.14. The maximum atomic E-state index is 11.7. The maximum Gasteiger partial charge on any atom is 0.225 e. The van der Waals surface area contributed by atoms with Crippen LogP contribution < -0.4 is 10.2 Å². The zero-order valence-corrected chi connectivity index (χ0v) is 16.1. The van der Waals surface area contributed by atoms with E-state index in [4.69, 9.17) is 4.74 Å². The summed E-state index contributed by atoms with van der Waals surface area (Å²) in [7, 11) is 0. The first-order valence-electron chi connectivity index (χ1n) is 9.94. The summed E-state index contributed by atoms with van der Waals surface area (Å²) >= 11 is 0. The van der Waals surface area contributed by atoms with E-state index in [9.17, 15) is 4.79 Å². The Kier molecular flexibility index (Phi) is 4.86. The highest BCUT2D eigenvalue weighted by Crippen LogP contribution is 2.39. The van der Waals surface area contributed by atoms with Gasteiger partial charge in [0.25, 0.3) is 0 Å². The maximum absolute atomic E-state index is 11.7. The van der Waals surface area contributed by atoms with Gasteiger partial charge in [-0.2, -0.15) is 0 Å². The summed E-state index contributed by atoms with van der Waals surface area (Å²) in [6.45, 7) is 8.46. The third kappa shape index (κ3) is 4.00. The molecule has 0 unspecified atom stereocenters. The van der Waals surface area contributed by atoms with E-state index in [0.29, 0.717) is 11.8 Å². The number of hydrogen-bond donors (Lipinski definition) is 1. The SMILES string of the molecule is CC(=O)N[C@@H]1C[C@@H]2CN(c3nc(C)cc(C)n3)C[C@@H]2C[C@H]1OCC1CC1. The molecule has 1 saturated heterocycles. The molecular formula is C20H30N4O2. The second-order valence-corrected chi connectivity index (χ2v) is 8.47. The van der Waals surface area contributed by atoms with E-state index < -0.39 is 0 Å². The van der Waals surface area contributed by atoms with Crippen molar-refractivity contribution in [2.75, 3.05) is 24.6 Å². The third-order valence-corrected chi connectivity index (χ3v) is 6.00. The van der Waals surface area contributed by atoms with Crippen molar-refractivity contribution >= 4 is 11.9 Å². The van der Waals surface area contributed by atoms with Gasteiger partial charge in [-0.05, 0) is 63.4 Å². The predicted molar refractivity (Wildman–Crippen MR) is 100 cm³/mol. The Labute approximate surface area is 155 Å². The van der Waals surface area contributed by atoms with E-state index in [1.165, 1.54) is 12.8 Å². The van der Waals surface area contributed by atoms with E-state index in [-0.39, 0.29) is 18.1 Å². The summed E-state index contributed by atoms with van der Waals surface area (Å²) in [4.78, 5) is 23.3. The van der Waals surface area contributed by atoms with Crippen LogP contribution in [0.15, 0.2) is 6.07 Å². The average molecular weight is 358 g/mol. The number of nitrogens with one attached hydrogen (secondary N) is 1. The molecule has 3 fully saturated rings. The van der Waals surface area contributed by atoms with Gasteiger partial charge >= 0.3 is 0 Å². The molecule has 2 aliphatic carbocycles. The van der Waals surface area contributed by atoms with Gasteiger partial charge in [0.15, 0.2) is 0 Å². The zero-order chi connectivity index (χ0) is 18.3. The summed E-state index contributed by atoms with van der Waals surface area (Å²) in [5.74, 6) is 2.80. The van der Waals surface area contributed by atoms with Gasteiger partial charge in [-0.3, -0.25) is 4.79 Å². The van der Waals surface area contributed by atoms with Crippen LogP contribution in [0.25, 0.3) is 0 Å². The molecule has 0 radical (unpaired) electrons. The number of ether oxygens (including phenoxy) is 1. The third-order valence-electron chi connectivity index (χ3n) is 6.00. The molecule has 1 aliphatic heterocycles. The number of rotatable bonds is 5. The molecule has 3 aliphatic rings. The van der Waals surface area contributed by atoms with E-state index in [0.717, 1.165) is 55.8 Å². The molecule has 6 nitrogen and oxygen atoms in total. The smallest absolute Gasteiger partial charge is 0.225 e. The highest BCUT2D eigenvalue weighted by molar-refractivity contribution is 5.73. The fraction of sp³-hybridized carbons (Fsp3) is 0.750. The summed E-state index contributed by atoms with van der Waals surface area (Å²) < 4.78 is 6.24. The number of hydrogen-bond acceptors (Lipinski definition) is 5. The van der Waals surface area contributed by atoms with Crippen LogP contribution in [0.5, 0.6) is 0 Å². The number of aryl methyl sites for hydroxylation is 2. The molecule has 1 aromatic heterocycles. The summed E-state index contributed by atoms with van der Waals surface area (Å²) in [6, 6.07) is 2.15. The molecule has 142 valence electrons. The quantitative estimate of drug-likeness (QED) is 0.874. The van der Waals surface area contributed by atoms with Crippen LogP contribution in [0.4, 0.5) is 5.95 Å². The number of nitrogens with zero attached hydrogens (tertiary/aromatic N) is 3. The fourth-order valence-electron chi connectivity index (χ4n) is 4.57. The van der Waals surface area contributed by atoms with Crippen LogP contribution in [0, 0.1) is 31.6 Å². The molecule has 26 heavy (non-hydrogen) atoms. The minimum atomic E-state index is 0.0426. The van der Waals surface area contributed by atoms with Gasteiger partial charge in [-0.1, -0.05) is 0 Å². The fourth-order valence-corrected chi connectivity index (χ4v) is 4.57. The second-order valence-electron chi connectivity index (χ2n) is 8.47. The van der Waals surface area contributed by atoms with Crippen LogP contribution in [0.2, 0.25) is 0 Å². The summed E-state index contributed by atoms with van der Waals surface area (Å²) in [5, 5.41) is 3.15. The van der Waals surface area contributed by atoms with Gasteiger partial charge in [0, 0.05) is 38.0 Å². The lowest BCUT2D eigenvalue weighted by Gasteiger charge is -2.38. The molecule has 2 heterocycles. The molecular weight excluding hydrogens is 328 g/mol. The zero-order valence-electron chi connectivity index (χ0n) is 16.1. The van der Waals surface area contributed by atoms with E-state index in [1.54, 1.807) is 6.92 Å². The number of carbonyl (C=O) groups is 1. The predicted octanol–water partition coefficient (Wildman–Crippen LogP) is 2.24. The van der Waals surface area contributed by atoms with Gasteiger partial charge in [-0.15, -0.1) is 0 Å². The standard InChI is InChI=1S/C20H30N4O2/c1-12-6-13(2)22-20(21-12)24-9-16-7-18(23-14(3)25)19(8-17(16)10-24)26-11-15-4-5-15/h6,15-19H,4-5,7-11H2,1-3H3,(H,23,25)/t16-,17+,18-,19-/m1/s1. The van der Waals surface area contributed by atoms with Crippen LogP contribution in [0.3, 0.4) is 0 Å². The number of amides is 1. The van der Waals surface area contributed by atoms with Gasteiger partial charge in [0.05, 0.1) is 12.1 Å². The first-order chi connectivity index (χ1) is 12.5. The van der Waals surface area contributed by atoms with Crippen molar-refractivity contribution in [3.8, 4) is 0 Å². The number of carbonyl (C=O) groups excluding carboxylic acids is 1. The van der Waals surface area contributed by atoms with Crippen molar-refractivity contribution in [1.82, 2.24) is 15.3 Å². The van der Waals surface area contributed by atoms with Crippen molar-refractivity contribution < 1.29 is 9.53 Å². The molecule has 1 N–H and O–H groups in total. The number of fused-ring (bicyclic) bond motifs is 1. The molecule has 4 atom stereocenters. The lowest BCUT2D eigenvalue weighted by atomic mass is 9.77. The van der Waals surface area contributed by atoms with E-state index in [1.807, 2.05) is 19.9 Å². The van der Waals surface area contributed by atoms with Gasteiger partial charge in [0.1, 0.15) is 0 Å². The Morgan fingerprint density at radius 3 is 2.46 bits per heavy atom. The topological polar surface area (TPSA) is 67.4 Å². The molecule has 4 rings (SSSR count). The highest BCUT2D eigenvalue weighted by atomic mass is 16.5. The lowest BCUT2D eigenvalue weighted by Crippen LogP contribution is -2.50. The Bertz CT molecular complexity index is 656. The van der Waals surface area contributed by atoms with Crippen LogP contribution in [0.1, 0.15) is 44.0 Å².